The highest BCUT2D eigenvalue weighted by Crippen LogP contribution is 2.20. The molecule has 0 saturated carbocycles. The first-order valence-corrected chi connectivity index (χ1v) is 6.54. The maximum absolute atomic E-state index is 12.1. The topological polar surface area (TPSA) is 65.4 Å². The number of Topliss-reactive ketones (excluding diaryl/α,β-unsaturated/α-hetero) is 1. The van der Waals surface area contributed by atoms with E-state index in [4.69, 9.17) is 4.74 Å². The Bertz CT molecular complexity index is 512. The smallest absolute Gasteiger partial charge is 0.319 e. The average molecular weight is 271 g/mol. The molecule has 0 bridgehead atoms. The fraction of sp³-hybridized carbons (Fsp3) is 0.583. The van der Waals surface area contributed by atoms with Crippen molar-refractivity contribution in [1.82, 2.24) is 4.57 Å². The molecule has 0 saturated heterocycles. The molecule has 1 aromatic heterocycles. The van der Waals surface area contributed by atoms with Gasteiger partial charge in [-0.25, -0.2) is 0 Å². The lowest BCUT2D eigenvalue weighted by molar-refractivity contribution is -0.158. The monoisotopic (exact) mass is 271 g/mol. The molecular formula is C12H17NO4S. The van der Waals surface area contributed by atoms with Crippen molar-refractivity contribution in [2.45, 2.75) is 34.2 Å². The van der Waals surface area contributed by atoms with Crippen molar-refractivity contribution in [3.63, 3.8) is 0 Å². The number of ether oxygens (including phenoxy) is 1. The van der Waals surface area contributed by atoms with Crippen molar-refractivity contribution in [2.24, 2.45) is 5.41 Å². The van der Waals surface area contributed by atoms with E-state index in [2.05, 4.69) is 0 Å². The lowest BCUT2D eigenvalue weighted by Crippen LogP contribution is -2.38. The normalized spacial score (nSPS) is 11.3. The van der Waals surface area contributed by atoms with Crippen molar-refractivity contribution in [3.8, 4) is 0 Å². The highest BCUT2D eigenvalue weighted by Gasteiger charge is 2.37. The van der Waals surface area contributed by atoms with Gasteiger partial charge < -0.3 is 4.74 Å². The number of esters is 1. The zero-order valence-electron chi connectivity index (χ0n) is 11.0. The summed E-state index contributed by atoms with van der Waals surface area (Å²) >= 11 is 1.04. The number of thiazole rings is 1. The maximum Gasteiger partial charge on any atom is 0.319 e. The molecule has 0 aromatic carbocycles. The molecule has 0 radical (unpaired) electrons. The van der Waals surface area contributed by atoms with E-state index >= 15 is 0 Å². The summed E-state index contributed by atoms with van der Waals surface area (Å²) in [5.41, 5.74) is -0.512. The Morgan fingerprint density at radius 3 is 2.50 bits per heavy atom. The average Bonchev–Trinajstić information content (AvgIpc) is 2.61. The summed E-state index contributed by atoms with van der Waals surface area (Å²) < 4.78 is 6.23. The Hall–Kier alpha value is -1.43. The summed E-state index contributed by atoms with van der Waals surface area (Å²) in [5, 5.41) is 1.69. The van der Waals surface area contributed by atoms with Gasteiger partial charge in [0.15, 0.2) is 5.78 Å². The number of carbonyl (C=O) groups excluding carboxylic acids is 2. The van der Waals surface area contributed by atoms with Crippen LogP contribution in [-0.2, 0) is 20.9 Å². The van der Waals surface area contributed by atoms with Gasteiger partial charge in [-0.05, 0) is 27.7 Å². The Kier molecular flexibility index (Phi) is 4.45. The fourth-order valence-electron chi connectivity index (χ4n) is 1.36. The second-order valence-electron chi connectivity index (χ2n) is 4.50. The third-order valence-electron chi connectivity index (χ3n) is 2.76. The number of carbonyl (C=O) groups is 2. The summed E-state index contributed by atoms with van der Waals surface area (Å²) in [6.07, 6.45) is 0. The van der Waals surface area contributed by atoms with E-state index in [0.29, 0.717) is 0 Å². The summed E-state index contributed by atoms with van der Waals surface area (Å²) in [6.45, 7) is 6.60. The van der Waals surface area contributed by atoms with Gasteiger partial charge >= 0.3 is 10.8 Å². The van der Waals surface area contributed by atoms with Crippen molar-refractivity contribution >= 4 is 23.1 Å². The van der Waals surface area contributed by atoms with E-state index in [-0.39, 0.29) is 23.8 Å². The highest BCUT2D eigenvalue weighted by molar-refractivity contribution is 7.07. The molecule has 0 fully saturated rings. The Morgan fingerprint density at radius 1 is 1.44 bits per heavy atom. The molecule has 5 nitrogen and oxygen atoms in total. The molecule has 0 aliphatic heterocycles. The molecule has 1 heterocycles. The first kappa shape index (κ1) is 14.6. The van der Waals surface area contributed by atoms with E-state index in [1.807, 2.05) is 0 Å². The number of rotatable bonds is 5. The molecule has 0 unspecified atom stereocenters. The quantitative estimate of drug-likeness (QED) is 0.599. The predicted molar refractivity (Wildman–Crippen MR) is 68.7 cm³/mol. The summed E-state index contributed by atoms with van der Waals surface area (Å²) in [7, 11) is 0. The summed E-state index contributed by atoms with van der Waals surface area (Å²) in [5.74, 6) is -0.888. The van der Waals surface area contributed by atoms with Gasteiger partial charge in [-0.15, -0.1) is 0 Å². The Labute approximate surface area is 109 Å². The van der Waals surface area contributed by atoms with E-state index < -0.39 is 11.4 Å². The van der Waals surface area contributed by atoms with Gasteiger partial charge in [-0.2, -0.15) is 0 Å². The molecule has 100 valence electrons. The minimum Gasteiger partial charge on any atom is -0.465 e. The highest BCUT2D eigenvalue weighted by atomic mass is 32.1. The van der Waals surface area contributed by atoms with Gasteiger partial charge in [-0.3, -0.25) is 19.0 Å². The third-order valence-corrected chi connectivity index (χ3v) is 3.64. The van der Waals surface area contributed by atoms with Crippen molar-refractivity contribution < 1.29 is 14.3 Å². The van der Waals surface area contributed by atoms with Gasteiger partial charge in [0.1, 0.15) is 5.41 Å². The number of aromatic nitrogens is 1. The second kappa shape index (κ2) is 5.48. The van der Waals surface area contributed by atoms with Crippen LogP contribution in [0.25, 0.3) is 0 Å². The van der Waals surface area contributed by atoms with E-state index in [1.54, 1.807) is 19.2 Å². The number of ketones is 1. The van der Waals surface area contributed by atoms with E-state index in [1.165, 1.54) is 18.4 Å². The molecule has 1 aromatic rings. The van der Waals surface area contributed by atoms with Crippen LogP contribution in [0.5, 0.6) is 0 Å². The van der Waals surface area contributed by atoms with E-state index in [9.17, 15) is 14.4 Å². The third kappa shape index (κ3) is 2.87. The summed E-state index contributed by atoms with van der Waals surface area (Å²) in [6, 6.07) is 0. The molecule has 0 atom stereocenters. The van der Waals surface area contributed by atoms with Crippen LogP contribution in [0.4, 0.5) is 0 Å². The lowest BCUT2D eigenvalue weighted by Gasteiger charge is -2.21. The predicted octanol–water partition coefficient (Wildman–Crippen LogP) is 1.38. The van der Waals surface area contributed by atoms with Gasteiger partial charge in [0.2, 0.25) is 0 Å². The number of aryl methyl sites for hydroxylation is 1. The molecule has 0 aliphatic carbocycles. The molecule has 1 rings (SSSR count). The lowest BCUT2D eigenvalue weighted by atomic mass is 9.88. The maximum atomic E-state index is 12.1. The molecule has 0 aliphatic rings. The second-order valence-corrected chi connectivity index (χ2v) is 5.32. The van der Waals surface area contributed by atoms with Gasteiger partial charge in [-0.1, -0.05) is 11.3 Å². The van der Waals surface area contributed by atoms with Crippen LogP contribution in [0, 0.1) is 12.3 Å². The fourth-order valence-corrected chi connectivity index (χ4v) is 2.10. The van der Waals surface area contributed by atoms with Gasteiger partial charge in [0.25, 0.3) is 0 Å². The van der Waals surface area contributed by atoms with Crippen LogP contribution < -0.4 is 4.87 Å². The minimum atomic E-state index is -1.23. The van der Waals surface area contributed by atoms with Crippen LogP contribution in [0.3, 0.4) is 0 Å². The minimum absolute atomic E-state index is 0.0972. The molecule has 6 heteroatoms. The molecule has 0 amide bonds. The Balaban J connectivity index is 2.89. The first-order valence-electron chi connectivity index (χ1n) is 5.66. The SMILES string of the molecule is CCOC(=O)C(C)(C)C(=O)Cn1c(C)csc1=O. The molecule has 0 spiro atoms. The van der Waals surface area contributed by atoms with Crippen LogP contribution >= 0.6 is 11.3 Å². The van der Waals surface area contributed by atoms with Crippen LogP contribution in [0.1, 0.15) is 26.5 Å². The largest absolute Gasteiger partial charge is 0.465 e. The number of nitrogens with zero attached hydrogens (tertiary/aromatic N) is 1. The van der Waals surface area contributed by atoms with Crippen molar-refractivity contribution in [3.05, 3.63) is 20.7 Å². The van der Waals surface area contributed by atoms with Gasteiger partial charge in [0.05, 0.1) is 13.2 Å². The van der Waals surface area contributed by atoms with Crippen molar-refractivity contribution in [1.29, 1.82) is 0 Å². The molecular weight excluding hydrogens is 254 g/mol. The Morgan fingerprint density at radius 2 is 2.06 bits per heavy atom. The first-order chi connectivity index (χ1) is 8.30. The zero-order chi connectivity index (χ0) is 13.9. The number of hydrogen-bond donors (Lipinski definition) is 0. The zero-order valence-corrected chi connectivity index (χ0v) is 11.8. The number of hydrogen-bond acceptors (Lipinski definition) is 5. The van der Waals surface area contributed by atoms with E-state index in [0.717, 1.165) is 17.0 Å². The summed E-state index contributed by atoms with van der Waals surface area (Å²) in [4.78, 5) is 35.1. The standard InChI is InChI=1S/C12H17NO4S/c1-5-17-10(15)12(3,4)9(14)6-13-8(2)7-18-11(13)16/h7H,5-6H2,1-4H3. The molecule has 0 N–H and O–H groups in total. The van der Waals surface area contributed by atoms with Crippen molar-refractivity contribution in [2.75, 3.05) is 6.61 Å². The van der Waals surface area contributed by atoms with Crippen LogP contribution in [-0.4, -0.2) is 22.9 Å². The molecule has 18 heavy (non-hydrogen) atoms. The van der Waals surface area contributed by atoms with Crippen LogP contribution in [0.2, 0.25) is 0 Å². The van der Waals surface area contributed by atoms with Gasteiger partial charge in [0, 0.05) is 11.1 Å². The van der Waals surface area contributed by atoms with Crippen LogP contribution in [0.15, 0.2) is 10.2 Å².